The molecule has 1 aliphatic heterocycles. The first-order valence-corrected chi connectivity index (χ1v) is 10.9. The quantitative estimate of drug-likeness (QED) is 0.642. The first kappa shape index (κ1) is 18.2. The van der Waals surface area contributed by atoms with Gasteiger partial charge in [-0.1, -0.05) is 26.8 Å². The lowest BCUT2D eigenvalue weighted by atomic mass is 9.48. The van der Waals surface area contributed by atoms with Crippen LogP contribution in [0, 0.1) is 28.6 Å². The van der Waals surface area contributed by atoms with Crippen LogP contribution in [0.5, 0.6) is 0 Å². The van der Waals surface area contributed by atoms with Gasteiger partial charge in [0.2, 0.25) is 0 Å². The molecule has 1 aromatic rings. The van der Waals surface area contributed by atoms with Gasteiger partial charge in [0.05, 0.1) is 0 Å². The number of ether oxygens (including phenoxy) is 2. The van der Waals surface area contributed by atoms with E-state index >= 15 is 0 Å². The molecule has 0 bridgehead atoms. The third kappa shape index (κ3) is 2.49. The van der Waals surface area contributed by atoms with E-state index in [1.807, 2.05) is 6.20 Å². The van der Waals surface area contributed by atoms with E-state index in [0.29, 0.717) is 24.4 Å². The molecule has 4 heteroatoms. The first-order chi connectivity index (χ1) is 13.5. The molecule has 1 saturated heterocycles. The zero-order chi connectivity index (χ0) is 19.5. The van der Waals surface area contributed by atoms with Gasteiger partial charge in [0.1, 0.15) is 12.7 Å². The van der Waals surface area contributed by atoms with E-state index in [9.17, 15) is 4.79 Å². The Morgan fingerprint density at radius 2 is 2.04 bits per heavy atom. The van der Waals surface area contributed by atoms with Crippen molar-refractivity contribution in [1.29, 1.82) is 0 Å². The Morgan fingerprint density at radius 3 is 2.86 bits per heavy atom. The second-order valence-corrected chi connectivity index (χ2v) is 9.85. The molecule has 3 aliphatic carbocycles. The highest BCUT2D eigenvalue weighted by Crippen LogP contribution is 2.65. The summed E-state index contributed by atoms with van der Waals surface area (Å²) in [7, 11) is 0. The molecule has 0 spiro atoms. The minimum Gasteiger partial charge on any atom is -0.434 e. The standard InChI is InChI=1S/C24H31NO3/c1-4-15-11-16(13-25-12-15)18-6-7-19-17-5-8-21-24(3,14-27-22(26)28-21)20(17)9-10-23(18,19)2/h6,11-13,17,19-21H,4-5,7-10,14H2,1-3H3/t17-,19-,20?,21?,23+,24+/m0/s1. The van der Waals surface area contributed by atoms with Gasteiger partial charge >= 0.3 is 6.16 Å². The van der Waals surface area contributed by atoms with Gasteiger partial charge in [0, 0.05) is 17.8 Å². The van der Waals surface area contributed by atoms with Gasteiger partial charge in [0.15, 0.2) is 0 Å². The van der Waals surface area contributed by atoms with Gasteiger partial charge in [-0.05, 0) is 84.5 Å². The number of fused-ring (bicyclic) bond motifs is 5. The van der Waals surface area contributed by atoms with Crippen LogP contribution in [-0.2, 0) is 15.9 Å². The number of carbonyl (C=O) groups excluding carboxylic acids is 1. The SMILES string of the molecule is CCc1cncc(C2=CC[C@H]3[C@@H]4CCC5OC(=O)OC[C@]5(C)C4CC[C@]23C)c1. The molecule has 4 aliphatic rings. The number of hydrogen-bond donors (Lipinski definition) is 0. The maximum atomic E-state index is 11.6. The van der Waals surface area contributed by atoms with Crippen LogP contribution in [0.3, 0.4) is 0 Å². The van der Waals surface area contributed by atoms with Gasteiger partial charge in [0.25, 0.3) is 0 Å². The van der Waals surface area contributed by atoms with Crippen molar-refractivity contribution in [3.63, 3.8) is 0 Å². The summed E-state index contributed by atoms with van der Waals surface area (Å²) in [6.07, 6.45) is 12.8. The van der Waals surface area contributed by atoms with E-state index in [1.54, 1.807) is 0 Å². The van der Waals surface area contributed by atoms with E-state index in [-0.39, 0.29) is 16.9 Å². The normalized spacial score (nSPS) is 41.8. The van der Waals surface area contributed by atoms with Crippen molar-refractivity contribution in [2.75, 3.05) is 6.61 Å². The summed E-state index contributed by atoms with van der Waals surface area (Å²) in [4.78, 5) is 16.2. The van der Waals surface area contributed by atoms with Gasteiger partial charge in [-0.15, -0.1) is 0 Å². The van der Waals surface area contributed by atoms with Crippen LogP contribution in [-0.4, -0.2) is 23.9 Å². The molecule has 3 fully saturated rings. The molecule has 2 heterocycles. The molecule has 0 aromatic carbocycles. The number of pyridine rings is 1. The van der Waals surface area contributed by atoms with Crippen molar-refractivity contribution in [3.8, 4) is 0 Å². The fourth-order valence-corrected chi connectivity index (χ4v) is 7.02. The molecule has 28 heavy (non-hydrogen) atoms. The molecule has 2 saturated carbocycles. The predicted octanol–water partition coefficient (Wildman–Crippen LogP) is 5.42. The van der Waals surface area contributed by atoms with Crippen LogP contribution in [0.4, 0.5) is 4.79 Å². The summed E-state index contributed by atoms with van der Waals surface area (Å²) in [6, 6.07) is 2.34. The molecule has 2 unspecified atom stereocenters. The third-order valence-electron chi connectivity index (χ3n) is 8.62. The number of nitrogens with zero attached hydrogens (tertiary/aromatic N) is 1. The van der Waals surface area contributed by atoms with Crippen molar-refractivity contribution in [2.45, 2.75) is 65.4 Å². The van der Waals surface area contributed by atoms with E-state index in [0.717, 1.165) is 25.7 Å². The Labute approximate surface area is 167 Å². The van der Waals surface area contributed by atoms with E-state index in [2.05, 4.69) is 44.1 Å². The second-order valence-electron chi connectivity index (χ2n) is 9.85. The Balaban J connectivity index is 1.44. The Bertz CT molecular complexity index is 833. The average Bonchev–Trinajstić information content (AvgIpc) is 3.06. The van der Waals surface area contributed by atoms with Crippen LogP contribution in [0.15, 0.2) is 24.5 Å². The minimum absolute atomic E-state index is 0.0265. The number of carbonyl (C=O) groups is 1. The highest BCUT2D eigenvalue weighted by Gasteiger charge is 2.60. The Hall–Kier alpha value is -1.84. The largest absolute Gasteiger partial charge is 0.508 e. The van der Waals surface area contributed by atoms with Crippen LogP contribution in [0.1, 0.15) is 64.0 Å². The molecular weight excluding hydrogens is 350 g/mol. The highest BCUT2D eigenvalue weighted by molar-refractivity contribution is 5.72. The molecule has 6 atom stereocenters. The number of aromatic nitrogens is 1. The van der Waals surface area contributed by atoms with Gasteiger partial charge in [-0.25, -0.2) is 4.79 Å². The zero-order valence-electron chi connectivity index (χ0n) is 17.2. The van der Waals surface area contributed by atoms with Crippen LogP contribution < -0.4 is 0 Å². The fourth-order valence-electron chi connectivity index (χ4n) is 7.02. The summed E-state index contributed by atoms with van der Waals surface area (Å²) in [6.45, 7) is 7.49. The van der Waals surface area contributed by atoms with E-state index < -0.39 is 6.16 Å². The molecule has 150 valence electrons. The van der Waals surface area contributed by atoms with Crippen molar-refractivity contribution < 1.29 is 14.3 Å². The monoisotopic (exact) mass is 381 g/mol. The van der Waals surface area contributed by atoms with Gasteiger partial charge in [-0.3, -0.25) is 4.98 Å². The number of hydrogen-bond acceptors (Lipinski definition) is 4. The molecule has 1 aromatic heterocycles. The first-order valence-electron chi connectivity index (χ1n) is 10.9. The lowest BCUT2D eigenvalue weighted by Gasteiger charge is -2.58. The van der Waals surface area contributed by atoms with Crippen LogP contribution >= 0.6 is 0 Å². The van der Waals surface area contributed by atoms with Crippen molar-refractivity contribution in [2.24, 2.45) is 28.6 Å². The summed E-state index contributed by atoms with van der Waals surface area (Å²) in [5, 5.41) is 0. The summed E-state index contributed by atoms with van der Waals surface area (Å²) < 4.78 is 11.0. The summed E-state index contributed by atoms with van der Waals surface area (Å²) in [5.74, 6) is 1.92. The number of allylic oxidation sites excluding steroid dienone is 2. The zero-order valence-corrected chi connectivity index (χ0v) is 17.2. The van der Waals surface area contributed by atoms with E-state index in [1.165, 1.54) is 29.5 Å². The number of cyclic esters (lactones) is 1. The maximum absolute atomic E-state index is 11.6. The fraction of sp³-hybridized carbons (Fsp3) is 0.667. The van der Waals surface area contributed by atoms with Crippen molar-refractivity contribution >= 4 is 11.7 Å². The molecule has 5 rings (SSSR count). The summed E-state index contributed by atoms with van der Waals surface area (Å²) in [5.41, 5.74) is 4.33. The highest BCUT2D eigenvalue weighted by atomic mass is 16.7. The van der Waals surface area contributed by atoms with Crippen molar-refractivity contribution in [1.82, 2.24) is 4.98 Å². The molecule has 0 N–H and O–H groups in total. The third-order valence-corrected chi connectivity index (χ3v) is 8.62. The number of aryl methyl sites for hydroxylation is 1. The second kappa shape index (κ2) is 6.33. The topological polar surface area (TPSA) is 48.4 Å². The predicted molar refractivity (Wildman–Crippen MR) is 108 cm³/mol. The number of rotatable bonds is 2. The lowest BCUT2D eigenvalue weighted by Crippen LogP contribution is -2.58. The molecule has 0 radical (unpaired) electrons. The molecular formula is C24H31NO3. The van der Waals surface area contributed by atoms with Crippen LogP contribution in [0.25, 0.3) is 5.57 Å². The van der Waals surface area contributed by atoms with E-state index in [4.69, 9.17) is 9.47 Å². The molecule has 0 amide bonds. The average molecular weight is 382 g/mol. The smallest absolute Gasteiger partial charge is 0.434 e. The van der Waals surface area contributed by atoms with Crippen molar-refractivity contribution in [3.05, 3.63) is 35.7 Å². The summed E-state index contributed by atoms with van der Waals surface area (Å²) >= 11 is 0. The Morgan fingerprint density at radius 1 is 1.18 bits per heavy atom. The van der Waals surface area contributed by atoms with Crippen LogP contribution in [0.2, 0.25) is 0 Å². The Kier molecular flexibility index (Phi) is 4.12. The lowest BCUT2D eigenvalue weighted by molar-refractivity contribution is -0.179. The van der Waals surface area contributed by atoms with Gasteiger partial charge < -0.3 is 9.47 Å². The molecule has 4 nitrogen and oxygen atoms in total. The minimum atomic E-state index is -0.477. The van der Waals surface area contributed by atoms with Gasteiger partial charge in [-0.2, -0.15) is 0 Å². The maximum Gasteiger partial charge on any atom is 0.508 e.